The fraction of sp³-hybridized carbons (Fsp3) is 0.524. The summed E-state index contributed by atoms with van der Waals surface area (Å²) in [6.07, 6.45) is 1.45. The van der Waals surface area contributed by atoms with Crippen molar-refractivity contribution in [3.05, 3.63) is 46.5 Å². The minimum atomic E-state index is -0.437. The van der Waals surface area contributed by atoms with E-state index in [2.05, 4.69) is 39.5 Å². The first-order valence-corrected chi connectivity index (χ1v) is 8.70. The van der Waals surface area contributed by atoms with E-state index in [4.69, 9.17) is 4.74 Å². The third-order valence-electron chi connectivity index (χ3n) is 5.14. The first kappa shape index (κ1) is 18.4. The van der Waals surface area contributed by atoms with Crippen molar-refractivity contribution in [1.29, 1.82) is 0 Å². The fourth-order valence-corrected chi connectivity index (χ4v) is 4.25. The number of Topliss-reactive ketones (excluding diaryl/α,β-unsaturated/α-hetero) is 1. The number of benzene rings is 1. The number of rotatable bonds is 4. The summed E-state index contributed by atoms with van der Waals surface area (Å²) in [5, 5.41) is 0. The molecule has 0 aliphatic heterocycles. The molecular formula is C21H28O3. The first-order valence-electron chi connectivity index (χ1n) is 8.70. The predicted octanol–water partition coefficient (Wildman–Crippen LogP) is 4.43. The van der Waals surface area contributed by atoms with E-state index in [0.29, 0.717) is 13.0 Å². The van der Waals surface area contributed by atoms with E-state index in [-0.39, 0.29) is 23.6 Å². The minimum absolute atomic E-state index is 0.140. The molecule has 2 rings (SSSR count). The van der Waals surface area contributed by atoms with Crippen LogP contribution in [0.1, 0.15) is 54.9 Å². The van der Waals surface area contributed by atoms with Crippen LogP contribution in [0.25, 0.3) is 0 Å². The monoisotopic (exact) mass is 328 g/mol. The summed E-state index contributed by atoms with van der Waals surface area (Å²) in [4.78, 5) is 25.0. The smallest absolute Gasteiger partial charge is 0.313 e. The molecule has 1 saturated carbocycles. The molecule has 0 radical (unpaired) electrons. The summed E-state index contributed by atoms with van der Waals surface area (Å²) in [6, 6.07) is 4.25. The normalized spacial score (nSPS) is 23.9. The molecule has 3 heteroatoms. The second-order valence-electron chi connectivity index (χ2n) is 6.98. The molecule has 0 amide bonds. The van der Waals surface area contributed by atoms with Gasteiger partial charge in [-0.05, 0) is 64.2 Å². The molecule has 0 N–H and O–H groups in total. The van der Waals surface area contributed by atoms with Crippen LogP contribution in [0, 0.1) is 32.6 Å². The van der Waals surface area contributed by atoms with Gasteiger partial charge in [0.2, 0.25) is 0 Å². The second-order valence-corrected chi connectivity index (χ2v) is 6.98. The van der Waals surface area contributed by atoms with Crippen LogP contribution in [-0.2, 0) is 14.3 Å². The quantitative estimate of drug-likeness (QED) is 0.606. The maximum absolute atomic E-state index is 12.7. The van der Waals surface area contributed by atoms with Gasteiger partial charge in [-0.3, -0.25) is 9.59 Å². The highest BCUT2D eigenvalue weighted by atomic mass is 16.5. The first-order chi connectivity index (χ1) is 11.3. The molecule has 0 saturated heterocycles. The number of esters is 1. The average molecular weight is 328 g/mol. The van der Waals surface area contributed by atoms with Gasteiger partial charge in [-0.1, -0.05) is 29.8 Å². The summed E-state index contributed by atoms with van der Waals surface area (Å²) >= 11 is 0. The largest absolute Gasteiger partial charge is 0.466 e. The molecule has 0 bridgehead atoms. The standard InChI is InChI=1S/C21H28O3/c1-7-24-21(23)19-13(3)8-9-17(16(6)22)20(19)18-14(4)10-12(2)11-15(18)5/h10-11,17,19-20H,3,7-9H2,1-2,4-6H3. The fourth-order valence-electron chi connectivity index (χ4n) is 4.25. The molecule has 130 valence electrons. The van der Waals surface area contributed by atoms with Crippen LogP contribution in [0.3, 0.4) is 0 Å². The van der Waals surface area contributed by atoms with Gasteiger partial charge in [0, 0.05) is 11.8 Å². The van der Waals surface area contributed by atoms with Crippen LogP contribution in [0.4, 0.5) is 0 Å². The van der Waals surface area contributed by atoms with E-state index in [1.54, 1.807) is 6.92 Å². The van der Waals surface area contributed by atoms with Crippen molar-refractivity contribution in [2.75, 3.05) is 6.61 Å². The number of ether oxygens (including phenoxy) is 1. The Morgan fingerprint density at radius 3 is 2.29 bits per heavy atom. The van der Waals surface area contributed by atoms with Crippen LogP contribution in [0.15, 0.2) is 24.3 Å². The molecule has 3 nitrogen and oxygen atoms in total. The molecule has 0 spiro atoms. The zero-order valence-electron chi connectivity index (χ0n) is 15.4. The number of hydrogen-bond donors (Lipinski definition) is 0. The zero-order chi connectivity index (χ0) is 18.0. The Morgan fingerprint density at radius 2 is 1.79 bits per heavy atom. The van der Waals surface area contributed by atoms with Gasteiger partial charge in [0.05, 0.1) is 12.5 Å². The van der Waals surface area contributed by atoms with E-state index in [9.17, 15) is 9.59 Å². The molecule has 1 aromatic rings. The number of carbonyl (C=O) groups excluding carboxylic acids is 2. The van der Waals surface area contributed by atoms with E-state index in [1.165, 1.54) is 5.56 Å². The Kier molecular flexibility index (Phi) is 5.63. The highest BCUT2D eigenvalue weighted by Gasteiger charge is 2.44. The molecule has 1 aliphatic carbocycles. The lowest BCUT2D eigenvalue weighted by Crippen LogP contribution is -2.38. The molecule has 0 heterocycles. The zero-order valence-corrected chi connectivity index (χ0v) is 15.4. The van der Waals surface area contributed by atoms with Crippen LogP contribution >= 0.6 is 0 Å². The van der Waals surface area contributed by atoms with Crippen LogP contribution in [-0.4, -0.2) is 18.4 Å². The maximum atomic E-state index is 12.7. The minimum Gasteiger partial charge on any atom is -0.466 e. The van der Waals surface area contributed by atoms with Crippen molar-refractivity contribution < 1.29 is 14.3 Å². The van der Waals surface area contributed by atoms with Crippen molar-refractivity contribution in [2.45, 2.75) is 53.4 Å². The summed E-state index contributed by atoms with van der Waals surface area (Å²) in [5.74, 6) is -0.889. The molecule has 1 fully saturated rings. The molecular weight excluding hydrogens is 300 g/mol. The second kappa shape index (κ2) is 7.33. The lowest BCUT2D eigenvalue weighted by atomic mass is 9.64. The number of aryl methyl sites for hydroxylation is 3. The summed E-state index contributed by atoms with van der Waals surface area (Å²) in [5.41, 5.74) is 5.45. The van der Waals surface area contributed by atoms with Crippen molar-refractivity contribution in [3.63, 3.8) is 0 Å². The van der Waals surface area contributed by atoms with Gasteiger partial charge in [-0.2, -0.15) is 0 Å². The van der Waals surface area contributed by atoms with Crippen LogP contribution < -0.4 is 0 Å². The molecule has 24 heavy (non-hydrogen) atoms. The Bertz CT molecular complexity index is 649. The van der Waals surface area contributed by atoms with Crippen LogP contribution in [0.5, 0.6) is 0 Å². The summed E-state index contributed by atoms with van der Waals surface area (Å²) in [6.45, 7) is 14.1. The SMILES string of the molecule is C=C1CCC(C(C)=O)C(c2c(C)cc(C)cc2C)C1C(=O)OCC. The van der Waals surface area contributed by atoms with Gasteiger partial charge in [-0.25, -0.2) is 0 Å². The lowest BCUT2D eigenvalue weighted by Gasteiger charge is -2.39. The van der Waals surface area contributed by atoms with Gasteiger partial charge >= 0.3 is 5.97 Å². The topological polar surface area (TPSA) is 43.4 Å². The summed E-state index contributed by atoms with van der Waals surface area (Å²) in [7, 11) is 0. The van der Waals surface area contributed by atoms with Gasteiger partial charge < -0.3 is 4.74 Å². The van der Waals surface area contributed by atoms with Gasteiger partial charge in [0.1, 0.15) is 5.78 Å². The average Bonchev–Trinajstić information content (AvgIpc) is 2.46. The van der Waals surface area contributed by atoms with E-state index < -0.39 is 5.92 Å². The maximum Gasteiger partial charge on any atom is 0.313 e. The predicted molar refractivity (Wildman–Crippen MR) is 96.1 cm³/mol. The Morgan fingerprint density at radius 1 is 1.21 bits per heavy atom. The Labute approximate surface area is 145 Å². The van der Waals surface area contributed by atoms with Crippen LogP contribution in [0.2, 0.25) is 0 Å². The number of carbonyl (C=O) groups is 2. The molecule has 3 atom stereocenters. The Hall–Kier alpha value is -1.90. The van der Waals surface area contributed by atoms with Crippen molar-refractivity contribution in [1.82, 2.24) is 0 Å². The molecule has 0 aromatic heterocycles. The van der Waals surface area contributed by atoms with Crippen molar-refractivity contribution >= 4 is 11.8 Å². The van der Waals surface area contributed by atoms with Crippen molar-refractivity contribution in [2.24, 2.45) is 11.8 Å². The molecule has 3 unspecified atom stereocenters. The number of hydrogen-bond acceptors (Lipinski definition) is 3. The Balaban J connectivity index is 2.62. The lowest BCUT2D eigenvalue weighted by molar-refractivity contribution is -0.148. The third-order valence-corrected chi connectivity index (χ3v) is 5.14. The van der Waals surface area contributed by atoms with Gasteiger partial charge in [-0.15, -0.1) is 0 Å². The van der Waals surface area contributed by atoms with Gasteiger partial charge in [0.15, 0.2) is 0 Å². The highest BCUT2D eigenvalue weighted by molar-refractivity contribution is 5.84. The van der Waals surface area contributed by atoms with E-state index >= 15 is 0 Å². The number of ketones is 1. The molecule has 1 aliphatic rings. The van der Waals surface area contributed by atoms with E-state index in [1.807, 2.05) is 6.92 Å². The third kappa shape index (κ3) is 3.45. The van der Waals surface area contributed by atoms with Gasteiger partial charge in [0.25, 0.3) is 0 Å². The van der Waals surface area contributed by atoms with E-state index in [0.717, 1.165) is 28.7 Å². The highest BCUT2D eigenvalue weighted by Crippen LogP contribution is 2.47. The van der Waals surface area contributed by atoms with Crippen molar-refractivity contribution in [3.8, 4) is 0 Å². The summed E-state index contributed by atoms with van der Waals surface area (Å²) < 4.78 is 5.32. The molecule has 1 aromatic carbocycles.